The Bertz CT molecular complexity index is 369. The number of hydrogen-bond donors (Lipinski definition) is 1. The summed E-state index contributed by atoms with van der Waals surface area (Å²) in [7, 11) is 0. The standard InChI is InChI=1S/C9H20N2O.C8H9Br/c1-8(2)11(9(3)4)6-5-10-7-12;1-2-7-3-5-8(9)6-4-7/h7-9H,5-6H2,1-4H3,(H,10,12);3-6H,2H2,1H3. The van der Waals surface area contributed by atoms with E-state index in [9.17, 15) is 4.79 Å². The van der Waals surface area contributed by atoms with Crippen molar-refractivity contribution in [3.05, 3.63) is 34.3 Å². The molecule has 1 N–H and O–H groups in total. The van der Waals surface area contributed by atoms with Gasteiger partial charge in [0.2, 0.25) is 6.41 Å². The minimum absolute atomic E-state index is 0.540. The summed E-state index contributed by atoms with van der Waals surface area (Å²) < 4.78 is 1.15. The van der Waals surface area contributed by atoms with Crippen LogP contribution in [0, 0.1) is 0 Å². The van der Waals surface area contributed by atoms with Gasteiger partial charge in [-0.1, -0.05) is 35.0 Å². The van der Waals surface area contributed by atoms with Crippen molar-refractivity contribution in [2.24, 2.45) is 0 Å². The Hall–Kier alpha value is -0.870. The second-order valence-electron chi connectivity index (χ2n) is 5.48. The van der Waals surface area contributed by atoms with E-state index in [1.807, 2.05) is 0 Å². The lowest BCUT2D eigenvalue weighted by Crippen LogP contribution is -2.41. The molecule has 1 aromatic carbocycles. The van der Waals surface area contributed by atoms with Crippen LogP contribution < -0.4 is 5.32 Å². The Morgan fingerprint density at radius 1 is 1.14 bits per heavy atom. The van der Waals surface area contributed by atoms with Crippen LogP contribution in [0.4, 0.5) is 0 Å². The van der Waals surface area contributed by atoms with E-state index in [0.717, 1.165) is 30.4 Å². The van der Waals surface area contributed by atoms with Gasteiger partial charge in [0.1, 0.15) is 0 Å². The summed E-state index contributed by atoms with van der Waals surface area (Å²) in [5, 5.41) is 2.67. The van der Waals surface area contributed by atoms with Gasteiger partial charge in [0.05, 0.1) is 0 Å². The van der Waals surface area contributed by atoms with Crippen LogP contribution in [0.15, 0.2) is 28.7 Å². The minimum atomic E-state index is 0.540. The molecule has 0 saturated heterocycles. The molecule has 3 nitrogen and oxygen atoms in total. The fourth-order valence-corrected chi connectivity index (χ4v) is 2.35. The van der Waals surface area contributed by atoms with Crippen molar-refractivity contribution in [3.63, 3.8) is 0 Å². The summed E-state index contributed by atoms with van der Waals surface area (Å²) >= 11 is 3.37. The highest BCUT2D eigenvalue weighted by molar-refractivity contribution is 9.10. The molecule has 0 bridgehead atoms. The van der Waals surface area contributed by atoms with Crippen molar-refractivity contribution in [2.45, 2.75) is 53.1 Å². The number of rotatable bonds is 7. The molecule has 0 aromatic heterocycles. The molecule has 0 unspecified atom stereocenters. The molecule has 0 aliphatic rings. The maximum absolute atomic E-state index is 10.00. The van der Waals surface area contributed by atoms with Gasteiger partial charge < -0.3 is 5.32 Å². The first-order chi connectivity index (χ1) is 9.92. The molecule has 1 rings (SSSR count). The number of carbonyl (C=O) groups is 1. The Labute approximate surface area is 138 Å². The van der Waals surface area contributed by atoms with E-state index in [2.05, 4.69) is 85.0 Å². The second kappa shape index (κ2) is 11.8. The van der Waals surface area contributed by atoms with Crippen molar-refractivity contribution in [3.8, 4) is 0 Å². The number of benzene rings is 1. The topological polar surface area (TPSA) is 32.3 Å². The molecule has 21 heavy (non-hydrogen) atoms. The van der Waals surface area contributed by atoms with Crippen LogP contribution in [0.3, 0.4) is 0 Å². The fourth-order valence-electron chi connectivity index (χ4n) is 2.09. The monoisotopic (exact) mass is 356 g/mol. The zero-order chi connectivity index (χ0) is 16.3. The average molecular weight is 357 g/mol. The summed E-state index contributed by atoms with van der Waals surface area (Å²) in [4.78, 5) is 12.3. The average Bonchev–Trinajstić information content (AvgIpc) is 2.44. The highest BCUT2D eigenvalue weighted by Crippen LogP contribution is 2.10. The van der Waals surface area contributed by atoms with Crippen LogP contribution in [-0.2, 0) is 11.2 Å². The third-order valence-corrected chi connectivity index (χ3v) is 3.77. The number of amides is 1. The Morgan fingerprint density at radius 2 is 1.67 bits per heavy atom. The Morgan fingerprint density at radius 3 is 2.05 bits per heavy atom. The number of hydrogen-bond acceptors (Lipinski definition) is 2. The number of nitrogens with one attached hydrogen (secondary N) is 1. The van der Waals surface area contributed by atoms with Gasteiger partial charge in [0, 0.05) is 29.6 Å². The summed E-state index contributed by atoms with van der Waals surface area (Å²) in [5.41, 5.74) is 1.39. The molecule has 0 radical (unpaired) electrons. The first-order valence-corrected chi connectivity index (χ1v) is 8.38. The third kappa shape index (κ3) is 9.64. The maximum Gasteiger partial charge on any atom is 0.207 e. The minimum Gasteiger partial charge on any atom is -0.357 e. The normalized spacial score (nSPS) is 10.5. The van der Waals surface area contributed by atoms with Gasteiger partial charge in [-0.25, -0.2) is 0 Å². The van der Waals surface area contributed by atoms with Crippen LogP contribution in [0.5, 0.6) is 0 Å². The number of carbonyl (C=O) groups excluding carboxylic acids is 1. The van der Waals surface area contributed by atoms with Crippen molar-refractivity contribution in [1.82, 2.24) is 10.2 Å². The SMILES string of the molecule is CC(C)N(CCNC=O)C(C)C.CCc1ccc(Br)cc1. The molecule has 0 saturated carbocycles. The maximum atomic E-state index is 10.00. The van der Waals surface area contributed by atoms with Crippen LogP contribution in [0.1, 0.15) is 40.2 Å². The van der Waals surface area contributed by atoms with E-state index < -0.39 is 0 Å². The first-order valence-electron chi connectivity index (χ1n) is 7.59. The van der Waals surface area contributed by atoms with E-state index in [-0.39, 0.29) is 0 Å². The highest BCUT2D eigenvalue weighted by Gasteiger charge is 2.11. The largest absolute Gasteiger partial charge is 0.357 e. The van der Waals surface area contributed by atoms with Crippen molar-refractivity contribution in [1.29, 1.82) is 0 Å². The molecular formula is C17H29BrN2O. The molecule has 0 fully saturated rings. The zero-order valence-corrected chi connectivity index (χ0v) is 15.5. The van der Waals surface area contributed by atoms with Gasteiger partial charge in [-0.05, 0) is 51.8 Å². The highest BCUT2D eigenvalue weighted by atomic mass is 79.9. The zero-order valence-electron chi connectivity index (χ0n) is 13.9. The number of halogens is 1. The lowest BCUT2D eigenvalue weighted by molar-refractivity contribution is -0.109. The Balaban J connectivity index is 0.000000394. The first kappa shape index (κ1) is 20.1. The fraction of sp³-hybridized carbons (Fsp3) is 0.588. The van der Waals surface area contributed by atoms with Crippen LogP contribution in [-0.4, -0.2) is 36.5 Å². The molecule has 0 heterocycles. The van der Waals surface area contributed by atoms with Gasteiger partial charge in [-0.2, -0.15) is 0 Å². The third-order valence-electron chi connectivity index (χ3n) is 3.25. The molecule has 1 amide bonds. The molecule has 0 aliphatic heterocycles. The van der Waals surface area contributed by atoms with E-state index in [4.69, 9.17) is 0 Å². The van der Waals surface area contributed by atoms with E-state index in [1.54, 1.807) is 0 Å². The molecule has 120 valence electrons. The van der Waals surface area contributed by atoms with Crippen molar-refractivity contribution < 1.29 is 4.79 Å². The van der Waals surface area contributed by atoms with Gasteiger partial charge in [-0.3, -0.25) is 9.69 Å². The Kier molecular flexibility index (Phi) is 11.3. The van der Waals surface area contributed by atoms with Crippen LogP contribution in [0.25, 0.3) is 0 Å². The van der Waals surface area contributed by atoms with Gasteiger partial charge >= 0.3 is 0 Å². The predicted molar refractivity (Wildman–Crippen MR) is 94.6 cm³/mol. The summed E-state index contributed by atoms with van der Waals surface area (Å²) in [5.74, 6) is 0. The van der Waals surface area contributed by atoms with Crippen molar-refractivity contribution in [2.75, 3.05) is 13.1 Å². The number of aryl methyl sites for hydroxylation is 1. The lowest BCUT2D eigenvalue weighted by Gasteiger charge is -2.30. The quantitative estimate of drug-likeness (QED) is 0.594. The van der Waals surface area contributed by atoms with Gasteiger partial charge in [-0.15, -0.1) is 0 Å². The molecule has 1 aromatic rings. The van der Waals surface area contributed by atoms with Gasteiger partial charge in [0.15, 0.2) is 0 Å². The second-order valence-corrected chi connectivity index (χ2v) is 6.39. The summed E-state index contributed by atoms with van der Waals surface area (Å²) in [6.45, 7) is 12.5. The molecule has 0 spiro atoms. The van der Waals surface area contributed by atoms with E-state index in [0.29, 0.717) is 12.1 Å². The lowest BCUT2D eigenvalue weighted by atomic mass is 10.2. The van der Waals surface area contributed by atoms with E-state index >= 15 is 0 Å². The molecule has 4 heteroatoms. The van der Waals surface area contributed by atoms with Crippen LogP contribution in [0.2, 0.25) is 0 Å². The van der Waals surface area contributed by atoms with Gasteiger partial charge in [0.25, 0.3) is 0 Å². The molecule has 0 aliphatic carbocycles. The molecule has 0 atom stereocenters. The predicted octanol–water partition coefficient (Wildman–Crippen LogP) is 3.86. The van der Waals surface area contributed by atoms with Crippen molar-refractivity contribution >= 4 is 22.3 Å². The molecular weight excluding hydrogens is 328 g/mol. The van der Waals surface area contributed by atoms with E-state index in [1.165, 1.54) is 5.56 Å². The smallest absolute Gasteiger partial charge is 0.207 e. The van der Waals surface area contributed by atoms with Crippen LogP contribution >= 0.6 is 15.9 Å². The summed E-state index contributed by atoms with van der Waals surface area (Å²) in [6, 6.07) is 9.48. The summed E-state index contributed by atoms with van der Waals surface area (Å²) in [6.07, 6.45) is 1.87. The number of nitrogens with zero attached hydrogens (tertiary/aromatic N) is 1.